The van der Waals surface area contributed by atoms with Gasteiger partial charge in [0.25, 0.3) is 0 Å². The number of thioether (sulfide) groups is 1. The zero-order valence-corrected chi connectivity index (χ0v) is 16.6. The molecule has 6 heteroatoms. The van der Waals surface area contributed by atoms with Crippen molar-refractivity contribution >= 4 is 29.3 Å². The van der Waals surface area contributed by atoms with E-state index in [1.54, 1.807) is 0 Å². The second-order valence-corrected chi connectivity index (χ2v) is 7.13. The van der Waals surface area contributed by atoms with E-state index in [0.717, 1.165) is 22.4 Å². The van der Waals surface area contributed by atoms with Crippen LogP contribution in [0.2, 0.25) is 0 Å². The number of nitrogens with one attached hydrogen (secondary N) is 2. The van der Waals surface area contributed by atoms with Crippen molar-refractivity contribution in [3.8, 4) is 0 Å². The lowest BCUT2D eigenvalue weighted by molar-refractivity contribution is -0.118. The van der Waals surface area contributed by atoms with Crippen molar-refractivity contribution in [2.24, 2.45) is 0 Å². The van der Waals surface area contributed by atoms with Crippen LogP contribution in [-0.2, 0) is 27.5 Å². The summed E-state index contributed by atoms with van der Waals surface area (Å²) in [6.45, 7) is 5.71. The van der Waals surface area contributed by atoms with E-state index in [1.807, 2.05) is 62.4 Å². The van der Waals surface area contributed by atoms with Crippen LogP contribution in [0, 0.1) is 6.92 Å². The average Bonchev–Trinajstić information content (AvgIpc) is 2.65. The summed E-state index contributed by atoms with van der Waals surface area (Å²) in [5, 5.41) is 5.70. The van der Waals surface area contributed by atoms with Crippen LogP contribution in [-0.4, -0.2) is 29.9 Å². The number of ether oxygens (including phenoxy) is 1. The first-order valence-corrected chi connectivity index (χ1v) is 10.1. The van der Waals surface area contributed by atoms with Crippen LogP contribution < -0.4 is 10.6 Å². The molecular weight excluding hydrogens is 360 g/mol. The van der Waals surface area contributed by atoms with Gasteiger partial charge in [-0.05, 0) is 42.7 Å². The fraction of sp³-hybridized carbons (Fsp3) is 0.333. The third-order valence-electron chi connectivity index (χ3n) is 3.75. The van der Waals surface area contributed by atoms with Gasteiger partial charge in [-0.25, -0.2) is 0 Å². The Morgan fingerprint density at radius 1 is 1.00 bits per heavy atom. The van der Waals surface area contributed by atoms with Crippen LogP contribution in [0.15, 0.2) is 48.5 Å². The van der Waals surface area contributed by atoms with Crippen LogP contribution in [0.25, 0.3) is 0 Å². The zero-order chi connectivity index (χ0) is 19.5. The van der Waals surface area contributed by atoms with Gasteiger partial charge in [-0.3, -0.25) is 9.59 Å². The van der Waals surface area contributed by atoms with Crippen molar-refractivity contribution in [1.29, 1.82) is 0 Å². The molecule has 2 aromatic rings. The summed E-state index contributed by atoms with van der Waals surface area (Å²) < 4.78 is 5.36. The van der Waals surface area contributed by atoms with Gasteiger partial charge in [0.1, 0.15) is 0 Å². The Hall–Kier alpha value is -2.31. The highest BCUT2D eigenvalue weighted by Gasteiger charge is 2.06. The summed E-state index contributed by atoms with van der Waals surface area (Å²) in [5.41, 5.74) is 4.01. The van der Waals surface area contributed by atoms with E-state index in [-0.39, 0.29) is 23.3 Å². The van der Waals surface area contributed by atoms with Gasteiger partial charge < -0.3 is 15.4 Å². The number of hydrogen-bond acceptors (Lipinski definition) is 4. The van der Waals surface area contributed by atoms with Crippen LogP contribution in [0.3, 0.4) is 0 Å². The fourth-order valence-corrected chi connectivity index (χ4v) is 3.03. The molecule has 2 amide bonds. The van der Waals surface area contributed by atoms with E-state index in [4.69, 9.17) is 4.74 Å². The van der Waals surface area contributed by atoms with Crippen LogP contribution in [0.1, 0.15) is 23.6 Å². The predicted molar refractivity (Wildman–Crippen MR) is 111 cm³/mol. The van der Waals surface area contributed by atoms with Gasteiger partial charge in [-0.15, -0.1) is 11.8 Å². The van der Waals surface area contributed by atoms with E-state index in [9.17, 15) is 9.59 Å². The molecule has 0 fully saturated rings. The Labute approximate surface area is 164 Å². The third-order valence-corrected chi connectivity index (χ3v) is 4.69. The van der Waals surface area contributed by atoms with Gasteiger partial charge in [-0.1, -0.05) is 36.4 Å². The SMILES string of the molecule is CCOCc1ccc(CNC(=O)CSCC(=O)Nc2cccc(C)c2)cc1. The maximum atomic E-state index is 11.9. The van der Waals surface area contributed by atoms with Crippen molar-refractivity contribution in [2.45, 2.75) is 27.0 Å². The second kappa shape index (κ2) is 11.4. The monoisotopic (exact) mass is 386 g/mol. The lowest BCUT2D eigenvalue weighted by atomic mass is 10.1. The molecule has 144 valence electrons. The van der Waals surface area contributed by atoms with E-state index < -0.39 is 0 Å². The molecule has 5 nitrogen and oxygen atoms in total. The largest absolute Gasteiger partial charge is 0.377 e. The molecule has 0 aromatic heterocycles. The highest BCUT2D eigenvalue weighted by Crippen LogP contribution is 2.11. The molecule has 2 N–H and O–H groups in total. The first-order chi connectivity index (χ1) is 13.1. The summed E-state index contributed by atoms with van der Waals surface area (Å²) in [4.78, 5) is 23.8. The quantitative estimate of drug-likeness (QED) is 0.656. The second-order valence-electron chi connectivity index (χ2n) is 6.14. The molecule has 27 heavy (non-hydrogen) atoms. The first kappa shape index (κ1) is 21.0. The normalized spacial score (nSPS) is 10.4. The fourth-order valence-electron chi connectivity index (χ4n) is 2.38. The number of hydrogen-bond donors (Lipinski definition) is 2. The van der Waals surface area contributed by atoms with Crippen molar-refractivity contribution in [3.05, 3.63) is 65.2 Å². The molecule has 0 saturated heterocycles. The molecule has 0 radical (unpaired) electrons. The number of amides is 2. The summed E-state index contributed by atoms with van der Waals surface area (Å²) in [7, 11) is 0. The lowest BCUT2D eigenvalue weighted by Gasteiger charge is -2.08. The smallest absolute Gasteiger partial charge is 0.234 e. The molecule has 2 aromatic carbocycles. The predicted octanol–water partition coefficient (Wildman–Crippen LogP) is 3.52. The molecule has 0 saturated carbocycles. The molecule has 0 spiro atoms. The Kier molecular flexibility index (Phi) is 8.87. The van der Waals surface area contributed by atoms with Crippen molar-refractivity contribution < 1.29 is 14.3 Å². The van der Waals surface area contributed by atoms with Gasteiger partial charge in [0.15, 0.2) is 0 Å². The van der Waals surface area contributed by atoms with Gasteiger partial charge in [0.05, 0.1) is 18.1 Å². The van der Waals surface area contributed by atoms with E-state index in [1.165, 1.54) is 11.8 Å². The zero-order valence-electron chi connectivity index (χ0n) is 15.8. The highest BCUT2D eigenvalue weighted by atomic mass is 32.2. The topological polar surface area (TPSA) is 67.4 Å². The van der Waals surface area contributed by atoms with E-state index in [2.05, 4.69) is 10.6 Å². The Bertz CT molecular complexity index is 747. The molecule has 0 bridgehead atoms. The number of carbonyl (C=O) groups excluding carboxylic acids is 2. The number of aryl methyl sites for hydroxylation is 1. The lowest BCUT2D eigenvalue weighted by Crippen LogP contribution is -2.25. The van der Waals surface area contributed by atoms with Crippen LogP contribution >= 0.6 is 11.8 Å². The maximum absolute atomic E-state index is 11.9. The molecular formula is C21H26N2O3S. The van der Waals surface area contributed by atoms with Gasteiger partial charge in [-0.2, -0.15) is 0 Å². The Morgan fingerprint density at radius 2 is 1.70 bits per heavy atom. The highest BCUT2D eigenvalue weighted by molar-refractivity contribution is 8.00. The Balaban J connectivity index is 1.63. The van der Waals surface area contributed by atoms with Crippen molar-refractivity contribution in [3.63, 3.8) is 0 Å². The number of benzene rings is 2. The first-order valence-electron chi connectivity index (χ1n) is 8.93. The van der Waals surface area contributed by atoms with E-state index in [0.29, 0.717) is 19.8 Å². The maximum Gasteiger partial charge on any atom is 0.234 e. The summed E-state index contributed by atoms with van der Waals surface area (Å²) in [5.74, 6) is 0.307. The Morgan fingerprint density at radius 3 is 2.41 bits per heavy atom. The van der Waals surface area contributed by atoms with Crippen LogP contribution in [0.5, 0.6) is 0 Å². The molecule has 0 heterocycles. The molecule has 0 unspecified atom stereocenters. The number of carbonyl (C=O) groups is 2. The minimum absolute atomic E-state index is 0.0817. The van der Waals surface area contributed by atoms with Gasteiger partial charge in [0, 0.05) is 18.8 Å². The molecule has 0 aliphatic carbocycles. The van der Waals surface area contributed by atoms with Crippen LogP contribution in [0.4, 0.5) is 5.69 Å². The number of rotatable bonds is 10. The van der Waals surface area contributed by atoms with Gasteiger partial charge in [0.2, 0.25) is 11.8 Å². The molecule has 0 aliphatic heterocycles. The standard InChI is InChI=1S/C21H26N2O3S/c1-3-26-13-18-9-7-17(8-10-18)12-22-20(24)14-27-15-21(25)23-19-6-4-5-16(2)11-19/h4-11H,3,12-15H2,1-2H3,(H,22,24)(H,23,25). The summed E-state index contributed by atoms with van der Waals surface area (Å²) in [6.07, 6.45) is 0. The third kappa shape index (κ3) is 8.28. The number of anilines is 1. The minimum Gasteiger partial charge on any atom is -0.377 e. The molecule has 2 rings (SSSR count). The summed E-state index contributed by atoms with van der Waals surface area (Å²) >= 11 is 1.30. The molecule has 0 aliphatic rings. The van der Waals surface area contributed by atoms with Crippen molar-refractivity contribution in [2.75, 3.05) is 23.4 Å². The van der Waals surface area contributed by atoms with E-state index >= 15 is 0 Å². The van der Waals surface area contributed by atoms with Gasteiger partial charge >= 0.3 is 0 Å². The average molecular weight is 387 g/mol. The minimum atomic E-state index is -0.108. The summed E-state index contributed by atoms with van der Waals surface area (Å²) in [6, 6.07) is 15.6. The molecule has 0 atom stereocenters. The van der Waals surface area contributed by atoms with Crippen molar-refractivity contribution in [1.82, 2.24) is 5.32 Å².